The van der Waals surface area contributed by atoms with Gasteiger partial charge in [-0.3, -0.25) is 0 Å². The number of carbonyl (C=O) groups is 1. The van der Waals surface area contributed by atoms with E-state index in [9.17, 15) is 13.2 Å². The molecule has 0 radical (unpaired) electrons. The number of esters is 1. The van der Waals surface area contributed by atoms with Crippen LogP contribution in [0, 0.1) is 0 Å². The molecule has 0 aromatic heterocycles. The number of rotatable bonds is 4. The Labute approximate surface area is 176 Å². The molecular weight excluding hydrogens is 477 g/mol. The van der Waals surface area contributed by atoms with Gasteiger partial charge in [-0.1, -0.05) is 45.6 Å². The smallest absolute Gasteiger partial charge is 0.343 e. The summed E-state index contributed by atoms with van der Waals surface area (Å²) in [5, 5.41) is 0.326. The van der Waals surface area contributed by atoms with E-state index in [0.717, 1.165) is 23.7 Å². The number of hydrogen-bond acceptors (Lipinski definition) is 4. The number of halogens is 3. The van der Waals surface area contributed by atoms with E-state index >= 15 is 0 Å². The molecule has 2 aromatic carbocycles. The van der Waals surface area contributed by atoms with Crippen LogP contribution in [0.1, 0.15) is 29.6 Å². The summed E-state index contributed by atoms with van der Waals surface area (Å²) in [7, 11) is -3.77. The Morgan fingerprint density at radius 2 is 1.70 bits per heavy atom. The lowest BCUT2D eigenvalue weighted by Crippen LogP contribution is -2.35. The maximum atomic E-state index is 12.9. The molecule has 0 amide bonds. The summed E-state index contributed by atoms with van der Waals surface area (Å²) in [6.45, 7) is 0.893. The normalized spacial score (nSPS) is 15.5. The molecule has 1 saturated heterocycles. The first-order valence-electron chi connectivity index (χ1n) is 8.26. The first-order valence-corrected chi connectivity index (χ1v) is 11.2. The second kappa shape index (κ2) is 8.49. The van der Waals surface area contributed by atoms with E-state index in [1.165, 1.54) is 22.5 Å². The fourth-order valence-corrected chi connectivity index (χ4v) is 5.52. The predicted molar refractivity (Wildman–Crippen MR) is 108 cm³/mol. The third-order valence-electron chi connectivity index (χ3n) is 4.20. The Kier molecular flexibility index (Phi) is 6.48. The maximum absolute atomic E-state index is 12.9. The van der Waals surface area contributed by atoms with Crippen LogP contribution in [0.3, 0.4) is 0 Å². The van der Waals surface area contributed by atoms with Crippen LogP contribution in [0.5, 0.6) is 5.75 Å². The zero-order valence-corrected chi connectivity index (χ0v) is 18.0. The average molecular weight is 493 g/mol. The highest BCUT2D eigenvalue weighted by Gasteiger charge is 2.29. The standard InChI is InChI=1S/C18H16BrCl2NO4S/c19-13-5-7-16(15(21)11-13)26-18(23)12-4-6-14(20)17(10-12)27(24,25)22-8-2-1-3-9-22/h4-7,10-11H,1-3,8-9H2. The van der Waals surface area contributed by atoms with Crippen molar-refractivity contribution in [2.24, 2.45) is 0 Å². The van der Waals surface area contributed by atoms with Gasteiger partial charge in [0.1, 0.15) is 10.6 Å². The number of nitrogens with zero attached hydrogens (tertiary/aromatic N) is 1. The molecule has 1 aliphatic rings. The molecule has 0 spiro atoms. The van der Waals surface area contributed by atoms with E-state index in [-0.39, 0.29) is 26.3 Å². The van der Waals surface area contributed by atoms with Gasteiger partial charge in [-0.25, -0.2) is 13.2 Å². The van der Waals surface area contributed by atoms with Gasteiger partial charge in [-0.2, -0.15) is 4.31 Å². The van der Waals surface area contributed by atoms with Crippen LogP contribution in [-0.4, -0.2) is 31.8 Å². The highest BCUT2D eigenvalue weighted by molar-refractivity contribution is 9.10. The van der Waals surface area contributed by atoms with Gasteiger partial charge in [-0.05, 0) is 49.2 Å². The lowest BCUT2D eigenvalue weighted by Gasteiger charge is -2.26. The zero-order chi connectivity index (χ0) is 19.6. The van der Waals surface area contributed by atoms with Crippen molar-refractivity contribution in [1.82, 2.24) is 4.31 Å². The van der Waals surface area contributed by atoms with Crippen molar-refractivity contribution in [2.45, 2.75) is 24.2 Å². The van der Waals surface area contributed by atoms with Gasteiger partial charge in [0.15, 0.2) is 0 Å². The topological polar surface area (TPSA) is 63.7 Å². The summed E-state index contributed by atoms with van der Waals surface area (Å²) in [6.07, 6.45) is 2.61. The summed E-state index contributed by atoms with van der Waals surface area (Å²) in [5.74, 6) is -0.536. The largest absolute Gasteiger partial charge is 0.421 e. The minimum absolute atomic E-state index is 0.0683. The Hall–Kier alpha value is -1.12. The highest BCUT2D eigenvalue weighted by atomic mass is 79.9. The second-order valence-corrected chi connectivity index (χ2v) is 9.71. The highest BCUT2D eigenvalue weighted by Crippen LogP contribution is 2.30. The minimum atomic E-state index is -3.77. The molecule has 2 aromatic rings. The quantitative estimate of drug-likeness (QED) is 0.437. The minimum Gasteiger partial charge on any atom is -0.421 e. The van der Waals surface area contributed by atoms with Crippen molar-refractivity contribution in [3.05, 3.63) is 56.5 Å². The lowest BCUT2D eigenvalue weighted by molar-refractivity contribution is 0.0734. The Morgan fingerprint density at radius 3 is 2.37 bits per heavy atom. The number of hydrogen-bond donors (Lipinski definition) is 0. The van der Waals surface area contributed by atoms with Crippen molar-refractivity contribution in [3.63, 3.8) is 0 Å². The van der Waals surface area contributed by atoms with Gasteiger partial charge in [0, 0.05) is 17.6 Å². The van der Waals surface area contributed by atoms with E-state index in [4.69, 9.17) is 27.9 Å². The molecule has 0 unspecified atom stereocenters. The molecule has 1 aliphatic heterocycles. The average Bonchev–Trinajstić information content (AvgIpc) is 2.65. The zero-order valence-electron chi connectivity index (χ0n) is 14.1. The molecule has 5 nitrogen and oxygen atoms in total. The van der Waals surface area contributed by atoms with Gasteiger partial charge in [0.2, 0.25) is 10.0 Å². The fourth-order valence-electron chi connectivity index (χ4n) is 2.79. The van der Waals surface area contributed by atoms with Crippen LogP contribution in [0.25, 0.3) is 0 Å². The summed E-state index contributed by atoms with van der Waals surface area (Å²) >= 11 is 15.5. The van der Waals surface area contributed by atoms with Crippen LogP contribution < -0.4 is 4.74 Å². The van der Waals surface area contributed by atoms with Crippen LogP contribution in [-0.2, 0) is 10.0 Å². The maximum Gasteiger partial charge on any atom is 0.343 e. The van der Waals surface area contributed by atoms with E-state index in [2.05, 4.69) is 15.9 Å². The van der Waals surface area contributed by atoms with E-state index in [0.29, 0.717) is 13.1 Å². The van der Waals surface area contributed by atoms with Crippen LogP contribution >= 0.6 is 39.1 Å². The molecule has 3 rings (SSSR count). The van der Waals surface area contributed by atoms with Crippen molar-refractivity contribution in [2.75, 3.05) is 13.1 Å². The fraction of sp³-hybridized carbons (Fsp3) is 0.278. The van der Waals surface area contributed by atoms with Gasteiger partial charge in [-0.15, -0.1) is 0 Å². The Bertz CT molecular complexity index is 975. The molecule has 0 bridgehead atoms. The summed E-state index contributed by atoms with van der Waals surface area (Å²) in [4.78, 5) is 12.4. The Morgan fingerprint density at radius 1 is 1.00 bits per heavy atom. The monoisotopic (exact) mass is 491 g/mol. The number of benzene rings is 2. The predicted octanol–water partition coefficient (Wildman–Crippen LogP) is 5.15. The molecule has 144 valence electrons. The van der Waals surface area contributed by atoms with Gasteiger partial charge in [0.05, 0.1) is 15.6 Å². The first-order chi connectivity index (χ1) is 12.8. The van der Waals surface area contributed by atoms with Gasteiger partial charge >= 0.3 is 5.97 Å². The third-order valence-corrected chi connectivity index (χ3v) is 7.37. The van der Waals surface area contributed by atoms with Crippen LogP contribution in [0.15, 0.2) is 45.8 Å². The molecule has 27 heavy (non-hydrogen) atoms. The summed E-state index contributed by atoms with van der Waals surface area (Å²) in [6, 6.07) is 8.89. The molecule has 9 heteroatoms. The molecule has 1 heterocycles. The second-order valence-electron chi connectivity index (χ2n) is 6.07. The molecule has 0 atom stereocenters. The number of piperidine rings is 1. The van der Waals surface area contributed by atoms with Crippen molar-refractivity contribution >= 4 is 55.1 Å². The Balaban J connectivity index is 1.89. The van der Waals surface area contributed by atoms with Crippen molar-refractivity contribution in [1.29, 1.82) is 0 Å². The summed E-state index contributed by atoms with van der Waals surface area (Å²) < 4.78 is 33.2. The van der Waals surface area contributed by atoms with E-state index in [1.54, 1.807) is 18.2 Å². The van der Waals surface area contributed by atoms with Crippen LogP contribution in [0.2, 0.25) is 10.0 Å². The number of ether oxygens (including phenoxy) is 1. The molecular formula is C18H16BrCl2NO4S. The SMILES string of the molecule is O=C(Oc1ccc(Br)cc1Cl)c1ccc(Cl)c(S(=O)(=O)N2CCCCC2)c1. The van der Waals surface area contributed by atoms with Crippen LogP contribution in [0.4, 0.5) is 0 Å². The van der Waals surface area contributed by atoms with E-state index < -0.39 is 16.0 Å². The molecule has 1 fully saturated rings. The van der Waals surface area contributed by atoms with Gasteiger partial charge in [0.25, 0.3) is 0 Å². The first kappa shape index (κ1) is 20.6. The van der Waals surface area contributed by atoms with E-state index in [1.807, 2.05) is 0 Å². The van der Waals surface area contributed by atoms with Crippen molar-refractivity contribution < 1.29 is 17.9 Å². The summed E-state index contributed by atoms with van der Waals surface area (Å²) in [5.41, 5.74) is 0.0777. The van der Waals surface area contributed by atoms with Crippen molar-refractivity contribution in [3.8, 4) is 5.75 Å². The third kappa shape index (κ3) is 4.66. The molecule has 0 saturated carbocycles. The lowest BCUT2D eigenvalue weighted by atomic mass is 10.2. The number of sulfonamides is 1. The molecule has 0 N–H and O–H groups in total. The van der Waals surface area contributed by atoms with Gasteiger partial charge < -0.3 is 4.74 Å². The molecule has 0 aliphatic carbocycles. The number of carbonyl (C=O) groups excluding carboxylic acids is 1.